The fraction of sp³-hybridized carbons (Fsp3) is 0.208. The Kier molecular flexibility index (Phi) is 8.43. The maximum absolute atomic E-state index is 5.06. The molecule has 4 fully saturated rings. The van der Waals surface area contributed by atoms with Crippen molar-refractivity contribution in [1.29, 1.82) is 0 Å². The Morgan fingerprint density at radius 3 is 1.22 bits per heavy atom. The summed E-state index contributed by atoms with van der Waals surface area (Å²) in [7, 11) is 0. The van der Waals surface area contributed by atoms with Gasteiger partial charge in [0.15, 0.2) is 34.9 Å². The zero-order chi connectivity index (χ0) is 39.6. The fourth-order valence-electron chi connectivity index (χ4n) is 11.0. The average molecular weight is 765 g/mol. The van der Waals surface area contributed by atoms with E-state index in [1.807, 2.05) is 72.8 Å². The number of rotatable bonds is 8. The molecule has 0 saturated heterocycles. The van der Waals surface area contributed by atoms with Crippen molar-refractivity contribution in [1.82, 2.24) is 29.9 Å². The molecule has 0 amide bonds. The number of hydrogen-bond acceptors (Lipinski definition) is 6. The first-order chi connectivity index (χ1) is 28.9. The van der Waals surface area contributed by atoms with Gasteiger partial charge in [0.1, 0.15) is 0 Å². The highest BCUT2D eigenvalue weighted by Crippen LogP contribution is 2.71. The van der Waals surface area contributed by atoms with Crippen LogP contribution in [0.5, 0.6) is 0 Å². The standard InChI is InChI=1S/C53H44N6/c1-34-27-41(23-25-44(34)50-56-46(37-15-7-3-8-16-37)54-47(57-50)38-17-9-4-10-18-38)52-30-36-29-43(32-52)53(31-36,33-52)42-24-26-45(35(2)28-42)51-58-48(39-19-11-5-12-20-39)55-49(59-51)40-21-13-6-14-22-40/h3-28,36,43H,29-33H2,1-2H3. The lowest BCUT2D eigenvalue weighted by atomic mass is 9.62. The topological polar surface area (TPSA) is 77.3 Å². The lowest BCUT2D eigenvalue weighted by Crippen LogP contribution is -2.35. The Hall–Kier alpha value is -6.66. The van der Waals surface area contributed by atoms with Crippen molar-refractivity contribution in [3.63, 3.8) is 0 Å². The van der Waals surface area contributed by atoms with Crippen molar-refractivity contribution in [2.45, 2.75) is 56.8 Å². The van der Waals surface area contributed by atoms with Crippen molar-refractivity contribution >= 4 is 0 Å². The van der Waals surface area contributed by atoms with Crippen LogP contribution < -0.4 is 0 Å². The molecule has 4 aliphatic rings. The van der Waals surface area contributed by atoms with E-state index in [0.717, 1.165) is 39.3 Å². The molecule has 8 aromatic rings. The first-order valence-corrected chi connectivity index (χ1v) is 20.9. The molecular weight excluding hydrogens is 721 g/mol. The SMILES string of the molecule is Cc1cc(C23CC4CC(C2)C(c2ccc(-c5nc(-c6ccccc6)nc(-c6ccccc6)n5)c(C)c2)(C4)C3)ccc1-c1nc(-c2ccccc2)nc(-c2ccccc2)n1. The van der Waals surface area contributed by atoms with Gasteiger partial charge < -0.3 is 0 Å². The van der Waals surface area contributed by atoms with Crippen LogP contribution in [0.25, 0.3) is 68.3 Å². The predicted molar refractivity (Wildman–Crippen MR) is 235 cm³/mol. The lowest BCUT2D eigenvalue weighted by molar-refractivity contribution is 0.219. The summed E-state index contributed by atoms with van der Waals surface area (Å²) in [5.41, 5.74) is 11.7. The largest absolute Gasteiger partial charge is 0.208 e. The van der Waals surface area contributed by atoms with E-state index < -0.39 is 0 Å². The molecule has 6 heteroatoms. The second-order valence-electron chi connectivity index (χ2n) is 17.2. The number of nitrogens with zero attached hydrogens (tertiary/aromatic N) is 6. The van der Waals surface area contributed by atoms with E-state index in [1.54, 1.807) is 0 Å². The van der Waals surface area contributed by atoms with E-state index in [0.29, 0.717) is 40.9 Å². The van der Waals surface area contributed by atoms with Crippen LogP contribution in [0.2, 0.25) is 0 Å². The van der Waals surface area contributed by atoms with E-state index in [1.165, 1.54) is 54.4 Å². The third kappa shape index (κ3) is 6.17. The van der Waals surface area contributed by atoms with Gasteiger partial charge >= 0.3 is 0 Å². The molecule has 286 valence electrons. The summed E-state index contributed by atoms with van der Waals surface area (Å²) < 4.78 is 0. The van der Waals surface area contributed by atoms with Crippen molar-refractivity contribution in [3.8, 4) is 68.3 Å². The van der Waals surface area contributed by atoms with Crippen molar-refractivity contribution in [2.24, 2.45) is 11.8 Å². The van der Waals surface area contributed by atoms with Gasteiger partial charge in [-0.3, -0.25) is 0 Å². The quantitative estimate of drug-likeness (QED) is 0.153. The summed E-state index contributed by atoms with van der Waals surface area (Å²) in [5, 5.41) is 0. The third-order valence-electron chi connectivity index (χ3n) is 13.5. The zero-order valence-electron chi connectivity index (χ0n) is 33.4. The van der Waals surface area contributed by atoms with E-state index in [9.17, 15) is 0 Å². The Morgan fingerprint density at radius 1 is 0.407 bits per heavy atom. The molecule has 2 heterocycles. The Balaban J connectivity index is 0.930. The molecule has 6 nitrogen and oxygen atoms in total. The van der Waals surface area contributed by atoms with Crippen LogP contribution in [0.15, 0.2) is 158 Å². The summed E-state index contributed by atoms with van der Waals surface area (Å²) >= 11 is 0. The van der Waals surface area contributed by atoms with Crippen molar-refractivity contribution in [2.75, 3.05) is 0 Å². The lowest BCUT2D eigenvalue weighted by Gasteiger charge is -2.42. The highest BCUT2D eigenvalue weighted by Gasteiger charge is 2.64. The minimum Gasteiger partial charge on any atom is -0.208 e. The number of aryl methyl sites for hydroxylation is 2. The molecule has 4 saturated carbocycles. The minimum absolute atomic E-state index is 0.161. The molecule has 59 heavy (non-hydrogen) atoms. The highest BCUT2D eigenvalue weighted by molar-refractivity contribution is 5.70. The maximum Gasteiger partial charge on any atom is 0.164 e. The highest BCUT2D eigenvalue weighted by atomic mass is 15.0. The van der Waals surface area contributed by atoms with Crippen LogP contribution in [-0.2, 0) is 10.8 Å². The molecule has 0 N–H and O–H groups in total. The molecule has 2 aromatic heterocycles. The van der Waals surface area contributed by atoms with Gasteiger partial charge in [0, 0.05) is 33.4 Å². The summed E-state index contributed by atoms with van der Waals surface area (Å²) in [4.78, 5) is 30.1. The van der Waals surface area contributed by atoms with Gasteiger partial charge in [-0.15, -0.1) is 0 Å². The summed E-state index contributed by atoms with van der Waals surface area (Å²) in [6, 6.07) is 55.1. The summed E-state index contributed by atoms with van der Waals surface area (Å²) in [5.74, 6) is 5.59. The van der Waals surface area contributed by atoms with Crippen molar-refractivity contribution < 1.29 is 0 Å². The zero-order valence-corrected chi connectivity index (χ0v) is 33.4. The smallest absolute Gasteiger partial charge is 0.164 e. The minimum atomic E-state index is 0.161. The van der Waals surface area contributed by atoms with Gasteiger partial charge in [-0.2, -0.15) is 0 Å². The molecule has 0 spiro atoms. The Morgan fingerprint density at radius 2 is 0.797 bits per heavy atom. The summed E-state index contributed by atoms with van der Waals surface area (Å²) in [6.45, 7) is 4.46. The number of aromatic nitrogens is 6. The third-order valence-corrected chi connectivity index (χ3v) is 13.5. The fourth-order valence-corrected chi connectivity index (χ4v) is 11.0. The van der Waals surface area contributed by atoms with Gasteiger partial charge in [0.25, 0.3) is 0 Å². The second kappa shape index (κ2) is 14.0. The van der Waals surface area contributed by atoms with Crippen LogP contribution >= 0.6 is 0 Å². The van der Waals surface area contributed by atoms with E-state index in [2.05, 4.69) is 98.8 Å². The molecule has 12 rings (SSSR count). The van der Waals surface area contributed by atoms with E-state index in [4.69, 9.17) is 29.9 Å². The predicted octanol–water partition coefficient (Wildman–Crippen LogP) is 12.1. The molecule has 6 aromatic carbocycles. The van der Waals surface area contributed by atoms with Crippen LogP contribution in [0.1, 0.15) is 54.4 Å². The molecule has 4 bridgehead atoms. The molecule has 0 radical (unpaired) electrons. The maximum atomic E-state index is 5.06. The number of hydrogen-bond donors (Lipinski definition) is 0. The van der Waals surface area contributed by atoms with Crippen LogP contribution in [0, 0.1) is 25.7 Å². The molecule has 0 aliphatic heterocycles. The normalized spacial score (nSPS) is 21.5. The van der Waals surface area contributed by atoms with Gasteiger partial charge in [0.05, 0.1) is 0 Å². The Labute approximate surface area is 345 Å². The molecule has 4 atom stereocenters. The monoisotopic (exact) mass is 764 g/mol. The van der Waals surface area contributed by atoms with Crippen molar-refractivity contribution in [3.05, 3.63) is 180 Å². The molecule has 4 aliphatic carbocycles. The number of benzene rings is 6. The van der Waals surface area contributed by atoms with Crippen LogP contribution in [-0.4, -0.2) is 29.9 Å². The average Bonchev–Trinajstić information content (AvgIpc) is 3.69. The first kappa shape index (κ1) is 35.5. The van der Waals surface area contributed by atoms with Crippen LogP contribution in [0.3, 0.4) is 0 Å². The molecule has 4 unspecified atom stereocenters. The van der Waals surface area contributed by atoms with Gasteiger partial charge in [-0.1, -0.05) is 158 Å². The summed E-state index contributed by atoms with van der Waals surface area (Å²) in [6.07, 6.45) is 6.27. The Bertz CT molecular complexity index is 2730. The van der Waals surface area contributed by atoms with E-state index in [-0.39, 0.29) is 10.8 Å². The van der Waals surface area contributed by atoms with Gasteiger partial charge in [-0.05, 0) is 90.9 Å². The second-order valence-corrected chi connectivity index (χ2v) is 17.2. The van der Waals surface area contributed by atoms with Crippen LogP contribution in [0.4, 0.5) is 0 Å². The van der Waals surface area contributed by atoms with E-state index >= 15 is 0 Å². The van der Waals surface area contributed by atoms with Gasteiger partial charge in [-0.25, -0.2) is 29.9 Å². The molecular formula is C53H44N6. The van der Waals surface area contributed by atoms with Gasteiger partial charge in [0.2, 0.25) is 0 Å². The first-order valence-electron chi connectivity index (χ1n) is 20.9.